The molecule has 0 saturated carbocycles. The second kappa shape index (κ2) is 7.07. The van der Waals surface area contributed by atoms with E-state index in [1.54, 1.807) is 0 Å². The van der Waals surface area contributed by atoms with Crippen molar-refractivity contribution in [3.63, 3.8) is 0 Å². The van der Waals surface area contributed by atoms with Gasteiger partial charge in [0.25, 0.3) is 0 Å². The van der Waals surface area contributed by atoms with Crippen molar-refractivity contribution in [3.05, 3.63) is 35.9 Å². The Bertz CT molecular complexity index is 335. The summed E-state index contributed by atoms with van der Waals surface area (Å²) in [5, 5.41) is 8.83. The summed E-state index contributed by atoms with van der Waals surface area (Å²) < 4.78 is 5.13. The Morgan fingerprint density at radius 3 is 2.53 bits per heavy atom. The van der Waals surface area contributed by atoms with Crippen LogP contribution >= 0.6 is 0 Å². The van der Waals surface area contributed by atoms with Crippen molar-refractivity contribution in [2.24, 2.45) is 11.8 Å². The molecule has 0 fully saturated rings. The van der Waals surface area contributed by atoms with Gasteiger partial charge in [-0.2, -0.15) is 0 Å². The third-order valence-electron chi connectivity index (χ3n) is 2.61. The van der Waals surface area contributed by atoms with Gasteiger partial charge in [-0.05, 0) is 12.0 Å². The maximum Gasteiger partial charge on any atom is 0.308 e. The van der Waals surface area contributed by atoms with Crippen LogP contribution in [0.2, 0.25) is 0 Å². The summed E-state index contributed by atoms with van der Waals surface area (Å²) in [5.41, 5.74) is 1.13. The second-order valence-corrected chi connectivity index (χ2v) is 4.51. The Balaban J connectivity index is 2.37. The van der Waals surface area contributed by atoms with Gasteiger partial charge in [-0.25, -0.2) is 0 Å². The first-order chi connectivity index (χ1) is 8.13. The summed E-state index contributed by atoms with van der Waals surface area (Å²) in [4.78, 5) is 11.7. The fourth-order valence-corrected chi connectivity index (χ4v) is 1.47. The molecular weight excluding hydrogens is 216 g/mol. The van der Waals surface area contributed by atoms with Crippen LogP contribution in [0.3, 0.4) is 0 Å². The number of esters is 1. The number of benzene rings is 1. The number of rotatable bonds is 6. The number of carbonyl (C=O) groups is 1. The molecule has 3 nitrogen and oxygen atoms in total. The van der Waals surface area contributed by atoms with Crippen LogP contribution in [-0.4, -0.2) is 24.3 Å². The first kappa shape index (κ1) is 13.7. The number of aliphatic hydroxyl groups excluding tert-OH is 1. The molecule has 0 aromatic heterocycles. The summed E-state index contributed by atoms with van der Waals surface area (Å²) in [6.07, 6.45) is 0.688. The molecule has 17 heavy (non-hydrogen) atoms. The highest BCUT2D eigenvalue weighted by molar-refractivity contribution is 5.72. The van der Waals surface area contributed by atoms with Crippen LogP contribution in [-0.2, 0) is 16.0 Å². The molecule has 0 aliphatic rings. The normalized spacial score (nSPS) is 14.1. The Morgan fingerprint density at radius 2 is 1.94 bits per heavy atom. The highest BCUT2D eigenvalue weighted by Crippen LogP contribution is 2.10. The Hall–Kier alpha value is -1.35. The zero-order valence-electron chi connectivity index (χ0n) is 10.4. The third-order valence-corrected chi connectivity index (χ3v) is 2.61. The SMILES string of the molecule is C[C@@H](CO)COC(=O)[C@@H](C)Cc1ccccc1. The van der Waals surface area contributed by atoms with E-state index in [4.69, 9.17) is 9.84 Å². The molecule has 0 radical (unpaired) electrons. The van der Waals surface area contributed by atoms with Gasteiger partial charge in [-0.1, -0.05) is 44.2 Å². The molecule has 1 N–H and O–H groups in total. The van der Waals surface area contributed by atoms with Crippen molar-refractivity contribution >= 4 is 5.97 Å². The van der Waals surface area contributed by atoms with E-state index < -0.39 is 0 Å². The average Bonchev–Trinajstić information content (AvgIpc) is 2.36. The van der Waals surface area contributed by atoms with Crippen LogP contribution in [0.4, 0.5) is 0 Å². The minimum Gasteiger partial charge on any atom is -0.465 e. The highest BCUT2D eigenvalue weighted by Gasteiger charge is 2.15. The molecule has 0 aliphatic carbocycles. The molecule has 0 amide bonds. The van der Waals surface area contributed by atoms with Crippen molar-refractivity contribution in [3.8, 4) is 0 Å². The summed E-state index contributed by atoms with van der Waals surface area (Å²) in [6.45, 7) is 4.03. The molecule has 94 valence electrons. The number of ether oxygens (including phenoxy) is 1. The summed E-state index contributed by atoms with van der Waals surface area (Å²) >= 11 is 0. The van der Waals surface area contributed by atoms with Gasteiger partial charge in [0.15, 0.2) is 0 Å². The summed E-state index contributed by atoms with van der Waals surface area (Å²) in [7, 11) is 0. The number of hydrogen-bond acceptors (Lipinski definition) is 3. The molecule has 0 unspecified atom stereocenters. The van der Waals surface area contributed by atoms with Crippen molar-refractivity contribution < 1.29 is 14.6 Å². The van der Waals surface area contributed by atoms with Crippen LogP contribution < -0.4 is 0 Å². The Kier molecular flexibility index (Phi) is 5.70. The molecule has 1 rings (SSSR count). The minimum atomic E-state index is -0.200. The van der Waals surface area contributed by atoms with Crippen LogP contribution in [0.15, 0.2) is 30.3 Å². The van der Waals surface area contributed by atoms with Crippen LogP contribution in [0.5, 0.6) is 0 Å². The lowest BCUT2D eigenvalue weighted by Crippen LogP contribution is -2.21. The molecule has 0 aliphatic heterocycles. The maximum absolute atomic E-state index is 11.7. The van der Waals surface area contributed by atoms with Gasteiger partial charge in [0.2, 0.25) is 0 Å². The fourth-order valence-electron chi connectivity index (χ4n) is 1.47. The van der Waals surface area contributed by atoms with Crippen molar-refractivity contribution in [2.45, 2.75) is 20.3 Å². The molecule has 0 bridgehead atoms. The van der Waals surface area contributed by atoms with E-state index in [0.717, 1.165) is 5.56 Å². The minimum absolute atomic E-state index is 0.00266. The van der Waals surface area contributed by atoms with E-state index >= 15 is 0 Å². The average molecular weight is 236 g/mol. The van der Waals surface area contributed by atoms with E-state index in [2.05, 4.69) is 0 Å². The molecule has 0 heterocycles. The lowest BCUT2D eigenvalue weighted by atomic mass is 10.0. The Labute approximate surface area is 102 Å². The number of carbonyl (C=O) groups excluding carboxylic acids is 1. The van der Waals surface area contributed by atoms with Crippen LogP contribution in [0.25, 0.3) is 0 Å². The quantitative estimate of drug-likeness (QED) is 0.769. The molecule has 0 spiro atoms. The second-order valence-electron chi connectivity index (χ2n) is 4.51. The van der Waals surface area contributed by atoms with Gasteiger partial charge < -0.3 is 9.84 Å². The van der Waals surface area contributed by atoms with Crippen LogP contribution in [0, 0.1) is 11.8 Å². The fraction of sp³-hybridized carbons (Fsp3) is 0.500. The lowest BCUT2D eigenvalue weighted by Gasteiger charge is -2.13. The topological polar surface area (TPSA) is 46.5 Å². The van der Waals surface area contributed by atoms with Crippen molar-refractivity contribution in [1.29, 1.82) is 0 Å². The van der Waals surface area contributed by atoms with E-state index in [9.17, 15) is 4.79 Å². The molecular formula is C14H20O3. The first-order valence-electron chi connectivity index (χ1n) is 5.95. The van der Waals surface area contributed by atoms with E-state index in [0.29, 0.717) is 6.42 Å². The van der Waals surface area contributed by atoms with E-state index in [1.807, 2.05) is 44.2 Å². The predicted octanol–water partition coefficient (Wildman–Crippen LogP) is 2.04. The highest BCUT2D eigenvalue weighted by atomic mass is 16.5. The molecule has 3 heteroatoms. The van der Waals surface area contributed by atoms with Crippen LogP contribution in [0.1, 0.15) is 19.4 Å². The zero-order chi connectivity index (χ0) is 12.7. The van der Waals surface area contributed by atoms with Crippen molar-refractivity contribution in [2.75, 3.05) is 13.2 Å². The molecule has 1 aromatic carbocycles. The molecule has 0 saturated heterocycles. The smallest absolute Gasteiger partial charge is 0.308 e. The zero-order valence-corrected chi connectivity index (χ0v) is 10.4. The van der Waals surface area contributed by atoms with Gasteiger partial charge in [0.1, 0.15) is 0 Å². The molecule has 1 aromatic rings. The van der Waals surface area contributed by atoms with Gasteiger partial charge in [0.05, 0.1) is 12.5 Å². The standard InChI is InChI=1S/C14H20O3/c1-11(9-15)10-17-14(16)12(2)8-13-6-4-3-5-7-13/h3-7,11-12,15H,8-10H2,1-2H3/t11-,12-/m0/s1. The predicted molar refractivity (Wildman–Crippen MR) is 66.5 cm³/mol. The van der Waals surface area contributed by atoms with E-state index in [-0.39, 0.29) is 31.0 Å². The number of hydrogen-bond donors (Lipinski definition) is 1. The van der Waals surface area contributed by atoms with Gasteiger partial charge in [-0.3, -0.25) is 4.79 Å². The van der Waals surface area contributed by atoms with Gasteiger partial charge >= 0.3 is 5.97 Å². The van der Waals surface area contributed by atoms with Gasteiger partial charge in [0, 0.05) is 12.5 Å². The monoisotopic (exact) mass is 236 g/mol. The maximum atomic E-state index is 11.7. The lowest BCUT2D eigenvalue weighted by molar-refractivity contribution is -0.149. The largest absolute Gasteiger partial charge is 0.465 e. The summed E-state index contributed by atoms with van der Waals surface area (Å²) in [5.74, 6) is -0.347. The van der Waals surface area contributed by atoms with Gasteiger partial charge in [-0.15, -0.1) is 0 Å². The first-order valence-corrected chi connectivity index (χ1v) is 5.95. The Morgan fingerprint density at radius 1 is 1.29 bits per heavy atom. The third kappa shape index (κ3) is 5.00. The summed E-state index contributed by atoms with van der Waals surface area (Å²) in [6, 6.07) is 9.87. The van der Waals surface area contributed by atoms with E-state index in [1.165, 1.54) is 0 Å². The van der Waals surface area contributed by atoms with Crippen molar-refractivity contribution in [1.82, 2.24) is 0 Å². The number of aliphatic hydroxyl groups is 1. The molecule has 2 atom stereocenters.